The number of hydrogen-bond acceptors (Lipinski definition) is 4. The smallest absolute Gasteiger partial charge is 0.341 e. The van der Waals surface area contributed by atoms with Crippen LogP contribution in [-0.4, -0.2) is 43.2 Å². The monoisotopic (exact) mass is 361 g/mol. The quantitative estimate of drug-likeness (QED) is 0.410. The maximum Gasteiger partial charge on any atom is 0.341 e. The molecule has 0 amide bonds. The average molecular weight is 362 g/mol. The fourth-order valence-corrected chi connectivity index (χ4v) is 2.86. The highest BCUT2D eigenvalue weighted by atomic mass is 16.5. The van der Waals surface area contributed by atoms with Crippen molar-refractivity contribution in [2.45, 2.75) is 60.4 Å². The zero-order valence-corrected chi connectivity index (χ0v) is 17.3. The van der Waals surface area contributed by atoms with Gasteiger partial charge in [-0.25, -0.2) is 4.79 Å². The van der Waals surface area contributed by atoms with Crippen molar-refractivity contribution in [1.82, 2.24) is 4.90 Å². The molecule has 26 heavy (non-hydrogen) atoms. The summed E-state index contributed by atoms with van der Waals surface area (Å²) in [5.41, 5.74) is 2.79. The Morgan fingerprint density at radius 3 is 2.50 bits per heavy atom. The van der Waals surface area contributed by atoms with Gasteiger partial charge in [-0.2, -0.15) is 0 Å². The van der Waals surface area contributed by atoms with Gasteiger partial charge in [0.2, 0.25) is 0 Å². The number of benzene rings is 1. The van der Waals surface area contributed by atoms with Crippen molar-refractivity contribution in [3.05, 3.63) is 41.0 Å². The number of hydrogen-bond donors (Lipinski definition) is 0. The Balaban J connectivity index is 2.89. The van der Waals surface area contributed by atoms with Crippen molar-refractivity contribution in [3.63, 3.8) is 0 Å². The van der Waals surface area contributed by atoms with E-state index in [9.17, 15) is 4.79 Å². The minimum absolute atomic E-state index is 0.0966. The Morgan fingerprint density at radius 2 is 1.92 bits per heavy atom. The van der Waals surface area contributed by atoms with E-state index in [1.807, 2.05) is 26.0 Å². The van der Waals surface area contributed by atoms with Crippen LogP contribution in [0.5, 0.6) is 5.75 Å². The van der Waals surface area contributed by atoms with Crippen LogP contribution >= 0.6 is 0 Å². The van der Waals surface area contributed by atoms with Crippen LogP contribution in [0, 0.1) is 6.92 Å². The number of ether oxygens (including phenoxy) is 2. The summed E-state index contributed by atoms with van der Waals surface area (Å²) in [6.45, 7) is 15.3. The standard InChI is InChI=1S/C22H35NO3/c1-7-12-23(9-3)19(14-17(4)5)16-26-22(24)20-11-10-18(6)15-21(20)25-13-8-2/h10-11,14-15,19H,7-9,12-13,16H2,1-6H3. The average Bonchev–Trinajstić information content (AvgIpc) is 2.61. The molecule has 146 valence electrons. The van der Waals surface area contributed by atoms with Gasteiger partial charge in [0, 0.05) is 0 Å². The highest BCUT2D eigenvalue weighted by Crippen LogP contribution is 2.22. The van der Waals surface area contributed by atoms with E-state index in [-0.39, 0.29) is 12.0 Å². The molecule has 0 aliphatic carbocycles. The minimum atomic E-state index is -0.323. The number of likely N-dealkylation sites (N-methyl/N-ethyl adjacent to an activating group) is 1. The minimum Gasteiger partial charge on any atom is -0.493 e. The molecule has 0 aromatic heterocycles. The molecule has 0 saturated heterocycles. The molecular weight excluding hydrogens is 326 g/mol. The Bertz CT molecular complexity index is 591. The highest BCUT2D eigenvalue weighted by Gasteiger charge is 2.19. The molecule has 0 spiro atoms. The molecule has 4 heteroatoms. The second-order valence-corrected chi connectivity index (χ2v) is 6.89. The molecule has 0 fully saturated rings. The van der Waals surface area contributed by atoms with Gasteiger partial charge in [0.25, 0.3) is 0 Å². The first-order chi connectivity index (χ1) is 12.4. The molecule has 0 heterocycles. The van der Waals surface area contributed by atoms with Crippen molar-refractivity contribution in [3.8, 4) is 5.75 Å². The highest BCUT2D eigenvalue weighted by molar-refractivity contribution is 5.92. The third-order valence-corrected chi connectivity index (χ3v) is 4.12. The lowest BCUT2D eigenvalue weighted by atomic mass is 10.1. The van der Waals surface area contributed by atoms with E-state index in [4.69, 9.17) is 9.47 Å². The molecular formula is C22H35NO3. The van der Waals surface area contributed by atoms with Crippen molar-refractivity contribution in [1.29, 1.82) is 0 Å². The second kappa shape index (κ2) is 11.7. The summed E-state index contributed by atoms with van der Waals surface area (Å²) in [4.78, 5) is 15.0. The van der Waals surface area contributed by atoms with Crippen molar-refractivity contribution in [2.75, 3.05) is 26.3 Å². The van der Waals surface area contributed by atoms with Gasteiger partial charge in [0.15, 0.2) is 0 Å². The maximum absolute atomic E-state index is 12.7. The lowest BCUT2D eigenvalue weighted by Crippen LogP contribution is -2.38. The van der Waals surface area contributed by atoms with Crippen molar-refractivity contribution >= 4 is 5.97 Å². The molecule has 1 aromatic carbocycles. The first kappa shape index (κ1) is 22.2. The normalized spacial score (nSPS) is 12.0. The third-order valence-electron chi connectivity index (χ3n) is 4.12. The van der Waals surface area contributed by atoms with Gasteiger partial charge >= 0.3 is 5.97 Å². The summed E-state index contributed by atoms with van der Waals surface area (Å²) < 4.78 is 11.4. The van der Waals surface area contributed by atoms with Crippen LogP contribution in [0.2, 0.25) is 0 Å². The molecule has 1 rings (SSSR count). The van der Waals surface area contributed by atoms with Crippen LogP contribution in [0.3, 0.4) is 0 Å². The number of carbonyl (C=O) groups is 1. The van der Waals surface area contributed by atoms with Crippen LogP contribution < -0.4 is 4.74 Å². The molecule has 0 radical (unpaired) electrons. The SMILES string of the molecule is CCCOc1cc(C)ccc1C(=O)OCC(C=C(C)C)N(CC)CCC. The molecule has 1 unspecified atom stereocenters. The van der Waals surface area contributed by atoms with Gasteiger partial charge in [0.05, 0.1) is 12.6 Å². The fraction of sp³-hybridized carbons (Fsp3) is 0.591. The van der Waals surface area contributed by atoms with Crippen molar-refractivity contribution in [2.24, 2.45) is 0 Å². The lowest BCUT2D eigenvalue weighted by Gasteiger charge is -2.28. The number of rotatable bonds is 11. The van der Waals surface area contributed by atoms with Crippen molar-refractivity contribution < 1.29 is 14.3 Å². The molecule has 4 nitrogen and oxygen atoms in total. The Hall–Kier alpha value is -1.81. The van der Waals surface area contributed by atoms with E-state index in [1.54, 1.807) is 6.07 Å². The summed E-state index contributed by atoms with van der Waals surface area (Å²) in [6.07, 6.45) is 4.14. The van der Waals surface area contributed by atoms with Gasteiger partial charge in [-0.05, 0) is 64.4 Å². The largest absolute Gasteiger partial charge is 0.493 e. The molecule has 0 saturated carbocycles. The predicted octanol–water partition coefficient (Wildman–Crippen LogP) is 5.01. The van der Waals surface area contributed by atoms with Crippen LogP contribution in [0.1, 0.15) is 63.4 Å². The van der Waals surface area contributed by atoms with Gasteiger partial charge in [-0.3, -0.25) is 4.90 Å². The number of esters is 1. The Kier molecular flexibility index (Phi) is 10.0. The zero-order chi connectivity index (χ0) is 19.5. The predicted molar refractivity (Wildman–Crippen MR) is 108 cm³/mol. The van der Waals surface area contributed by atoms with E-state index in [0.29, 0.717) is 24.5 Å². The van der Waals surface area contributed by atoms with Crippen LogP contribution in [0.4, 0.5) is 0 Å². The maximum atomic E-state index is 12.7. The third kappa shape index (κ3) is 7.20. The summed E-state index contributed by atoms with van der Waals surface area (Å²) in [6, 6.07) is 5.70. The number of nitrogens with zero attached hydrogens (tertiary/aromatic N) is 1. The molecule has 1 atom stereocenters. The first-order valence-electron chi connectivity index (χ1n) is 9.72. The van der Waals surface area contributed by atoms with Gasteiger partial charge in [-0.15, -0.1) is 0 Å². The first-order valence-corrected chi connectivity index (χ1v) is 9.72. The molecule has 0 N–H and O–H groups in total. The lowest BCUT2D eigenvalue weighted by molar-refractivity contribution is 0.0401. The van der Waals surface area contributed by atoms with Gasteiger partial charge in [0.1, 0.15) is 17.9 Å². The van der Waals surface area contributed by atoms with Crippen LogP contribution in [0.15, 0.2) is 29.8 Å². The number of carbonyl (C=O) groups excluding carboxylic acids is 1. The van der Waals surface area contributed by atoms with Crippen LogP contribution in [0.25, 0.3) is 0 Å². The van der Waals surface area contributed by atoms with Crippen LogP contribution in [-0.2, 0) is 4.74 Å². The van der Waals surface area contributed by atoms with E-state index in [1.165, 1.54) is 5.57 Å². The van der Waals surface area contributed by atoms with E-state index in [2.05, 4.69) is 38.7 Å². The van der Waals surface area contributed by atoms with Gasteiger partial charge in [-0.1, -0.05) is 38.5 Å². The summed E-state index contributed by atoms with van der Waals surface area (Å²) in [5, 5.41) is 0. The molecule has 0 bridgehead atoms. The zero-order valence-electron chi connectivity index (χ0n) is 17.3. The molecule has 0 aliphatic rings. The molecule has 0 aliphatic heterocycles. The van der Waals surface area contributed by atoms with Gasteiger partial charge < -0.3 is 9.47 Å². The molecule has 1 aromatic rings. The Labute approximate surface area is 159 Å². The number of allylic oxidation sites excluding steroid dienone is 1. The Morgan fingerprint density at radius 1 is 1.19 bits per heavy atom. The summed E-state index contributed by atoms with van der Waals surface area (Å²) in [7, 11) is 0. The summed E-state index contributed by atoms with van der Waals surface area (Å²) in [5.74, 6) is 0.285. The number of aryl methyl sites for hydroxylation is 1. The topological polar surface area (TPSA) is 38.8 Å². The summed E-state index contributed by atoms with van der Waals surface area (Å²) >= 11 is 0. The second-order valence-electron chi connectivity index (χ2n) is 6.89. The van der Waals surface area contributed by atoms with E-state index in [0.717, 1.165) is 31.5 Å². The fourth-order valence-electron chi connectivity index (χ4n) is 2.86. The van der Waals surface area contributed by atoms with E-state index < -0.39 is 0 Å². The van der Waals surface area contributed by atoms with E-state index >= 15 is 0 Å².